The number of ether oxygens (including phenoxy) is 1. The van der Waals surface area contributed by atoms with Gasteiger partial charge in [0.2, 0.25) is 11.8 Å². The number of rotatable bonds is 5. The molecule has 3 aliphatic heterocycles. The summed E-state index contributed by atoms with van der Waals surface area (Å²) in [5, 5.41) is 3.05. The molecule has 7 nitrogen and oxygen atoms in total. The molecule has 29 heavy (non-hydrogen) atoms. The summed E-state index contributed by atoms with van der Waals surface area (Å²) in [4.78, 5) is 41.9. The molecule has 0 aliphatic carbocycles. The summed E-state index contributed by atoms with van der Waals surface area (Å²) in [6.45, 7) is 6.12. The van der Waals surface area contributed by atoms with Crippen molar-refractivity contribution < 1.29 is 19.1 Å². The van der Waals surface area contributed by atoms with Gasteiger partial charge >= 0.3 is 0 Å². The number of benzene rings is 1. The van der Waals surface area contributed by atoms with Crippen LogP contribution in [0.1, 0.15) is 55.5 Å². The number of nitrogens with zero attached hydrogens (tertiary/aromatic N) is 2. The van der Waals surface area contributed by atoms with E-state index in [1.54, 1.807) is 4.90 Å². The lowest BCUT2D eigenvalue weighted by Crippen LogP contribution is -2.55. The highest BCUT2D eigenvalue weighted by Crippen LogP contribution is 2.38. The van der Waals surface area contributed by atoms with Crippen molar-refractivity contribution in [1.29, 1.82) is 0 Å². The van der Waals surface area contributed by atoms with Crippen LogP contribution >= 0.6 is 0 Å². The van der Waals surface area contributed by atoms with Gasteiger partial charge in [-0.05, 0) is 38.3 Å². The Kier molecular flexibility index (Phi) is 5.34. The van der Waals surface area contributed by atoms with Gasteiger partial charge in [-0.2, -0.15) is 0 Å². The van der Waals surface area contributed by atoms with Crippen molar-refractivity contribution in [3.63, 3.8) is 0 Å². The second-order valence-corrected chi connectivity index (χ2v) is 8.67. The molecule has 0 spiro atoms. The van der Waals surface area contributed by atoms with Crippen molar-refractivity contribution in [2.45, 2.75) is 63.7 Å². The van der Waals surface area contributed by atoms with E-state index >= 15 is 0 Å². The fraction of sp³-hybridized carbons (Fsp3) is 0.591. The van der Waals surface area contributed by atoms with Crippen LogP contribution in [-0.4, -0.2) is 64.9 Å². The van der Waals surface area contributed by atoms with Crippen LogP contribution in [0.2, 0.25) is 0 Å². The first-order valence-electron chi connectivity index (χ1n) is 10.5. The fourth-order valence-electron chi connectivity index (χ4n) is 4.84. The molecule has 1 aromatic rings. The Hall–Kier alpha value is -2.41. The summed E-state index contributed by atoms with van der Waals surface area (Å²) in [5.74, 6) is -0.0207. The Morgan fingerprint density at radius 2 is 1.97 bits per heavy atom. The Bertz CT molecular complexity index is 816. The zero-order valence-electron chi connectivity index (χ0n) is 17.1. The minimum absolute atomic E-state index is 0.00247. The molecule has 0 aromatic heterocycles. The van der Waals surface area contributed by atoms with Crippen LogP contribution in [0, 0.1) is 0 Å². The van der Waals surface area contributed by atoms with E-state index in [4.69, 9.17) is 4.74 Å². The number of likely N-dealkylation sites (tertiary alicyclic amines) is 1. The summed E-state index contributed by atoms with van der Waals surface area (Å²) in [6.07, 6.45) is 1.86. The van der Waals surface area contributed by atoms with Gasteiger partial charge in [0.05, 0.1) is 18.0 Å². The first kappa shape index (κ1) is 19.9. The third kappa shape index (κ3) is 3.75. The summed E-state index contributed by atoms with van der Waals surface area (Å²) in [7, 11) is 0. The summed E-state index contributed by atoms with van der Waals surface area (Å²) in [5.41, 5.74) is 1.20. The summed E-state index contributed by atoms with van der Waals surface area (Å²) >= 11 is 0. The highest BCUT2D eigenvalue weighted by molar-refractivity contribution is 5.99. The number of carbonyl (C=O) groups is 3. The molecule has 156 valence electrons. The lowest BCUT2D eigenvalue weighted by molar-refractivity contribution is -0.129. The Morgan fingerprint density at radius 3 is 2.62 bits per heavy atom. The van der Waals surface area contributed by atoms with Crippen LogP contribution in [-0.2, 0) is 20.9 Å². The second kappa shape index (κ2) is 7.78. The lowest BCUT2D eigenvalue weighted by atomic mass is 9.84. The quantitative estimate of drug-likeness (QED) is 0.818. The van der Waals surface area contributed by atoms with Crippen molar-refractivity contribution in [2.24, 2.45) is 0 Å². The van der Waals surface area contributed by atoms with Crippen LogP contribution in [0.4, 0.5) is 0 Å². The Labute approximate surface area is 171 Å². The summed E-state index contributed by atoms with van der Waals surface area (Å²) in [6, 6.07) is 7.62. The molecular formula is C22H29N3O4. The maximum Gasteiger partial charge on any atom is 0.254 e. The molecule has 1 N–H and O–H groups in total. The normalized spacial score (nSPS) is 23.6. The number of hydrogen-bond acceptors (Lipinski definition) is 4. The monoisotopic (exact) mass is 399 g/mol. The van der Waals surface area contributed by atoms with Crippen LogP contribution in [0.3, 0.4) is 0 Å². The van der Waals surface area contributed by atoms with Crippen LogP contribution in [0.5, 0.6) is 0 Å². The molecule has 3 aliphatic rings. The van der Waals surface area contributed by atoms with Gasteiger partial charge in [-0.1, -0.05) is 18.2 Å². The van der Waals surface area contributed by atoms with Gasteiger partial charge in [-0.15, -0.1) is 0 Å². The van der Waals surface area contributed by atoms with E-state index in [0.29, 0.717) is 45.6 Å². The standard InChI is InChI=1S/C22H29N3O4/c1-15(2)24-14-17(11-20(24)27)23-19(26)12-22(7-9-29-10-8-22)25-13-16-5-3-4-6-18(16)21(25)28/h3-6,15,17H,7-14H2,1-2H3,(H,23,26). The van der Waals surface area contributed by atoms with E-state index in [2.05, 4.69) is 5.32 Å². The number of hydrogen-bond donors (Lipinski definition) is 1. The van der Waals surface area contributed by atoms with E-state index < -0.39 is 5.54 Å². The maximum atomic E-state index is 13.1. The summed E-state index contributed by atoms with van der Waals surface area (Å²) < 4.78 is 5.55. The van der Waals surface area contributed by atoms with Crippen LogP contribution in [0.15, 0.2) is 24.3 Å². The van der Waals surface area contributed by atoms with E-state index in [-0.39, 0.29) is 36.2 Å². The van der Waals surface area contributed by atoms with E-state index in [9.17, 15) is 14.4 Å². The van der Waals surface area contributed by atoms with Crippen molar-refractivity contribution >= 4 is 17.7 Å². The van der Waals surface area contributed by atoms with Crippen molar-refractivity contribution in [3.8, 4) is 0 Å². The second-order valence-electron chi connectivity index (χ2n) is 8.67. The number of amides is 3. The zero-order chi connectivity index (χ0) is 20.6. The number of carbonyl (C=O) groups excluding carboxylic acids is 3. The Balaban J connectivity index is 1.47. The molecule has 2 fully saturated rings. The van der Waals surface area contributed by atoms with Gasteiger partial charge in [0.15, 0.2) is 0 Å². The average molecular weight is 399 g/mol. The van der Waals surface area contributed by atoms with Crippen molar-refractivity contribution in [3.05, 3.63) is 35.4 Å². The molecule has 1 unspecified atom stereocenters. The topological polar surface area (TPSA) is 79.0 Å². The highest BCUT2D eigenvalue weighted by Gasteiger charge is 2.46. The zero-order valence-corrected chi connectivity index (χ0v) is 17.1. The van der Waals surface area contributed by atoms with E-state index in [1.807, 2.05) is 43.0 Å². The lowest BCUT2D eigenvalue weighted by Gasteiger charge is -2.44. The van der Waals surface area contributed by atoms with Gasteiger partial charge in [0.25, 0.3) is 5.91 Å². The van der Waals surface area contributed by atoms with Crippen LogP contribution in [0.25, 0.3) is 0 Å². The molecule has 2 saturated heterocycles. The maximum absolute atomic E-state index is 13.1. The molecule has 0 bridgehead atoms. The SMILES string of the molecule is CC(C)N1CC(NC(=O)CC2(N3Cc4ccccc4C3=O)CCOCC2)CC1=O. The predicted molar refractivity (Wildman–Crippen MR) is 107 cm³/mol. The number of nitrogens with one attached hydrogen (secondary N) is 1. The largest absolute Gasteiger partial charge is 0.381 e. The minimum Gasteiger partial charge on any atom is -0.381 e. The molecule has 1 aromatic carbocycles. The first-order valence-corrected chi connectivity index (χ1v) is 10.5. The Morgan fingerprint density at radius 1 is 1.24 bits per heavy atom. The van der Waals surface area contributed by atoms with Gasteiger partial charge < -0.3 is 19.9 Å². The molecule has 0 radical (unpaired) electrons. The van der Waals surface area contributed by atoms with Crippen molar-refractivity contribution in [1.82, 2.24) is 15.1 Å². The molecule has 0 saturated carbocycles. The van der Waals surface area contributed by atoms with Gasteiger partial charge in [0, 0.05) is 44.3 Å². The molecule has 1 atom stereocenters. The number of fused-ring (bicyclic) bond motifs is 1. The third-order valence-corrected chi connectivity index (χ3v) is 6.45. The molecular weight excluding hydrogens is 370 g/mol. The first-order chi connectivity index (χ1) is 13.9. The van der Waals surface area contributed by atoms with Gasteiger partial charge in [-0.3, -0.25) is 14.4 Å². The smallest absolute Gasteiger partial charge is 0.254 e. The molecule has 3 amide bonds. The molecule has 3 heterocycles. The fourth-order valence-corrected chi connectivity index (χ4v) is 4.84. The minimum atomic E-state index is -0.543. The van der Waals surface area contributed by atoms with Crippen molar-refractivity contribution in [2.75, 3.05) is 19.8 Å². The van der Waals surface area contributed by atoms with Gasteiger partial charge in [0.1, 0.15) is 0 Å². The third-order valence-electron chi connectivity index (χ3n) is 6.45. The molecule has 7 heteroatoms. The van der Waals surface area contributed by atoms with E-state index in [1.165, 1.54) is 0 Å². The van der Waals surface area contributed by atoms with Crippen LogP contribution < -0.4 is 5.32 Å². The average Bonchev–Trinajstić information content (AvgIpc) is 3.23. The van der Waals surface area contributed by atoms with Gasteiger partial charge in [-0.25, -0.2) is 0 Å². The highest BCUT2D eigenvalue weighted by atomic mass is 16.5. The molecule has 4 rings (SSSR count). The predicted octanol–water partition coefficient (Wildman–Crippen LogP) is 1.71. The van der Waals surface area contributed by atoms with E-state index in [0.717, 1.165) is 11.1 Å².